The molecule has 1 saturated heterocycles. The molecule has 0 radical (unpaired) electrons. The number of likely N-dealkylation sites (tertiary alicyclic amines) is 1. The molecule has 0 aromatic rings. The Morgan fingerprint density at radius 2 is 2.43 bits per heavy atom. The van der Waals surface area contributed by atoms with Crippen LogP contribution in [0, 0.1) is 5.92 Å². The predicted molar refractivity (Wildman–Crippen MR) is 53.5 cm³/mol. The highest BCUT2D eigenvalue weighted by molar-refractivity contribution is 5.49. The molecule has 3 heteroatoms. The van der Waals surface area contributed by atoms with Gasteiger partial charge in [-0.25, -0.2) is 0 Å². The zero-order valence-electron chi connectivity index (χ0n) is 8.40. The summed E-state index contributed by atoms with van der Waals surface area (Å²) in [5.41, 5.74) is 1.36. The van der Waals surface area contributed by atoms with Gasteiger partial charge in [-0.05, 0) is 24.0 Å². The quantitative estimate of drug-likeness (QED) is 0.619. The summed E-state index contributed by atoms with van der Waals surface area (Å²) in [5.74, 6) is 1.64. The number of piperidine rings is 1. The van der Waals surface area contributed by atoms with Crippen LogP contribution >= 0.6 is 0 Å². The van der Waals surface area contributed by atoms with Gasteiger partial charge in [0.2, 0.25) is 6.41 Å². The number of fused-ring (bicyclic) bond motifs is 1. The molecule has 1 unspecified atom stereocenters. The fourth-order valence-corrected chi connectivity index (χ4v) is 2.12. The third-order valence-corrected chi connectivity index (χ3v) is 3.02. The van der Waals surface area contributed by atoms with Crippen LogP contribution in [0.5, 0.6) is 0 Å². The lowest BCUT2D eigenvalue weighted by Crippen LogP contribution is -2.35. The Morgan fingerprint density at radius 1 is 1.57 bits per heavy atom. The summed E-state index contributed by atoms with van der Waals surface area (Å²) in [4.78, 5) is 12.4. The van der Waals surface area contributed by atoms with E-state index in [1.54, 1.807) is 7.11 Å². The van der Waals surface area contributed by atoms with E-state index in [4.69, 9.17) is 4.74 Å². The second-order valence-corrected chi connectivity index (χ2v) is 3.84. The Hall–Kier alpha value is -1.25. The Labute approximate surface area is 84.0 Å². The number of nitrogens with zero attached hydrogens (tertiary/aromatic N) is 1. The number of amides is 1. The molecule has 2 aliphatic rings. The third kappa shape index (κ3) is 1.67. The summed E-state index contributed by atoms with van der Waals surface area (Å²) >= 11 is 0. The van der Waals surface area contributed by atoms with E-state index >= 15 is 0 Å². The number of ether oxygens (including phenoxy) is 1. The van der Waals surface area contributed by atoms with Crippen LogP contribution in [-0.2, 0) is 9.53 Å². The van der Waals surface area contributed by atoms with Crippen LogP contribution in [0.25, 0.3) is 0 Å². The summed E-state index contributed by atoms with van der Waals surface area (Å²) in [6.07, 6.45) is 7.11. The first kappa shape index (κ1) is 9.31. The van der Waals surface area contributed by atoms with Gasteiger partial charge in [0, 0.05) is 19.5 Å². The Kier molecular flexibility index (Phi) is 2.57. The Balaban J connectivity index is 2.10. The molecular weight excluding hydrogens is 178 g/mol. The van der Waals surface area contributed by atoms with E-state index in [2.05, 4.69) is 6.08 Å². The number of methoxy groups -OCH3 is 1. The van der Waals surface area contributed by atoms with Crippen molar-refractivity contribution in [2.24, 2.45) is 5.92 Å². The molecule has 1 aliphatic carbocycles. The molecule has 3 nitrogen and oxygen atoms in total. The summed E-state index contributed by atoms with van der Waals surface area (Å²) in [7, 11) is 1.71. The van der Waals surface area contributed by atoms with Crippen molar-refractivity contribution in [3.8, 4) is 0 Å². The summed E-state index contributed by atoms with van der Waals surface area (Å²) in [6.45, 7) is 1.67. The predicted octanol–water partition coefficient (Wildman–Crippen LogP) is 1.33. The van der Waals surface area contributed by atoms with E-state index in [1.165, 1.54) is 5.57 Å². The van der Waals surface area contributed by atoms with Crippen LogP contribution in [0.4, 0.5) is 0 Å². The first-order valence-corrected chi connectivity index (χ1v) is 4.96. The Morgan fingerprint density at radius 3 is 3.14 bits per heavy atom. The zero-order chi connectivity index (χ0) is 9.97. The number of carbonyl (C=O) groups is 1. The number of allylic oxidation sites excluding steroid dienone is 3. The molecule has 14 heavy (non-hydrogen) atoms. The minimum Gasteiger partial charge on any atom is -0.501 e. The lowest BCUT2D eigenvalue weighted by atomic mass is 9.85. The molecule has 1 amide bonds. The first-order valence-electron chi connectivity index (χ1n) is 4.96. The molecule has 0 aromatic carbocycles. The van der Waals surface area contributed by atoms with Crippen LogP contribution in [0.3, 0.4) is 0 Å². The molecule has 1 aliphatic heterocycles. The topological polar surface area (TPSA) is 29.5 Å². The van der Waals surface area contributed by atoms with E-state index in [-0.39, 0.29) is 0 Å². The lowest BCUT2D eigenvalue weighted by Gasteiger charge is -2.33. The monoisotopic (exact) mass is 193 g/mol. The third-order valence-electron chi connectivity index (χ3n) is 3.02. The maximum Gasteiger partial charge on any atom is 0.209 e. The van der Waals surface area contributed by atoms with Crippen molar-refractivity contribution in [2.45, 2.75) is 12.8 Å². The number of carbonyl (C=O) groups excluding carboxylic acids is 1. The maximum absolute atomic E-state index is 10.6. The normalized spacial score (nSPS) is 26.1. The number of hydrogen-bond acceptors (Lipinski definition) is 2. The minimum absolute atomic E-state index is 0.589. The van der Waals surface area contributed by atoms with Crippen molar-refractivity contribution in [2.75, 3.05) is 20.2 Å². The van der Waals surface area contributed by atoms with Gasteiger partial charge in [0.15, 0.2) is 0 Å². The van der Waals surface area contributed by atoms with E-state index in [9.17, 15) is 4.79 Å². The highest BCUT2D eigenvalue weighted by Crippen LogP contribution is 2.31. The molecule has 0 spiro atoms. The molecule has 76 valence electrons. The minimum atomic E-state index is 0.589. The van der Waals surface area contributed by atoms with Gasteiger partial charge in [-0.15, -0.1) is 0 Å². The SMILES string of the molecule is COC1=CC=C2CN(C=O)CCC2C1. The van der Waals surface area contributed by atoms with Crippen LogP contribution in [-0.4, -0.2) is 31.5 Å². The van der Waals surface area contributed by atoms with Crippen molar-refractivity contribution in [3.05, 3.63) is 23.5 Å². The van der Waals surface area contributed by atoms with Gasteiger partial charge in [0.05, 0.1) is 12.9 Å². The second-order valence-electron chi connectivity index (χ2n) is 3.84. The number of rotatable bonds is 2. The molecule has 2 rings (SSSR count). The van der Waals surface area contributed by atoms with Gasteiger partial charge in [0.1, 0.15) is 0 Å². The lowest BCUT2D eigenvalue weighted by molar-refractivity contribution is -0.118. The smallest absolute Gasteiger partial charge is 0.209 e. The van der Waals surface area contributed by atoms with Gasteiger partial charge in [-0.3, -0.25) is 4.79 Å². The van der Waals surface area contributed by atoms with Crippen molar-refractivity contribution >= 4 is 6.41 Å². The standard InChI is InChI=1S/C11H15NO2/c1-14-11-3-2-10-7-12(8-13)5-4-9(10)6-11/h2-3,8-9H,4-7H2,1H3. The van der Waals surface area contributed by atoms with Crippen molar-refractivity contribution < 1.29 is 9.53 Å². The van der Waals surface area contributed by atoms with Crippen LogP contribution in [0.15, 0.2) is 23.5 Å². The zero-order valence-corrected chi connectivity index (χ0v) is 8.40. The summed E-state index contributed by atoms with van der Waals surface area (Å²) < 4.78 is 5.23. The summed E-state index contributed by atoms with van der Waals surface area (Å²) in [5, 5.41) is 0. The van der Waals surface area contributed by atoms with Gasteiger partial charge in [-0.2, -0.15) is 0 Å². The molecule has 1 atom stereocenters. The van der Waals surface area contributed by atoms with E-state index in [0.717, 1.165) is 38.1 Å². The molecule has 1 heterocycles. The van der Waals surface area contributed by atoms with E-state index < -0.39 is 0 Å². The second kappa shape index (κ2) is 3.86. The molecule has 0 saturated carbocycles. The molecular formula is C11H15NO2. The van der Waals surface area contributed by atoms with Gasteiger partial charge in [0.25, 0.3) is 0 Å². The van der Waals surface area contributed by atoms with E-state index in [1.807, 2.05) is 11.0 Å². The maximum atomic E-state index is 10.6. The van der Waals surface area contributed by atoms with Crippen LogP contribution < -0.4 is 0 Å². The van der Waals surface area contributed by atoms with Gasteiger partial charge in [-0.1, -0.05) is 6.08 Å². The fourth-order valence-electron chi connectivity index (χ4n) is 2.12. The molecule has 0 N–H and O–H groups in total. The van der Waals surface area contributed by atoms with Crippen molar-refractivity contribution in [1.82, 2.24) is 4.90 Å². The fraction of sp³-hybridized carbons (Fsp3) is 0.545. The van der Waals surface area contributed by atoms with Gasteiger partial charge >= 0.3 is 0 Å². The van der Waals surface area contributed by atoms with Crippen molar-refractivity contribution in [1.29, 1.82) is 0 Å². The van der Waals surface area contributed by atoms with E-state index in [0.29, 0.717) is 5.92 Å². The highest BCUT2D eigenvalue weighted by Gasteiger charge is 2.25. The highest BCUT2D eigenvalue weighted by atomic mass is 16.5. The van der Waals surface area contributed by atoms with Crippen LogP contribution in [0.2, 0.25) is 0 Å². The Bertz CT molecular complexity index is 294. The number of hydrogen-bond donors (Lipinski definition) is 0. The average molecular weight is 193 g/mol. The largest absolute Gasteiger partial charge is 0.501 e. The van der Waals surface area contributed by atoms with Crippen LogP contribution in [0.1, 0.15) is 12.8 Å². The van der Waals surface area contributed by atoms with Gasteiger partial charge < -0.3 is 9.64 Å². The van der Waals surface area contributed by atoms with Crippen molar-refractivity contribution in [3.63, 3.8) is 0 Å². The summed E-state index contributed by atoms with van der Waals surface area (Å²) in [6, 6.07) is 0. The molecule has 0 bridgehead atoms. The molecule has 0 aromatic heterocycles. The first-order chi connectivity index (χ1) is 6.83. The molecule has 1 fully saturated rings. The average Bonchev–Trinajstić information content (AvgIpc) is 2.27.